The molecule has 1 N–H and O–H groups in total. The van der Waals surface area contributed by atoms with Crippen molar-refractivity contribution in [1.82, 2.24) is 5.32 Å². The van der Waals surface area contributed by atoms with Crippen LogP contribution in [0.15, 0.2) is 34.1 Å². The Labute approximate surface area is 124 Å². The van der Waals surface area contributed by atoms with Crippen LogP contribution in [0.5, 0.6) is 0 Å². The van der Waals surface area contributed by atoms with Crippen molar-refractivity contribution in [2.24, 2.45) is 0 Å². The summed E-state index contributed by atoms with van der Waals surface area (Å²) >= 11 is 11.5. The summed E-state index contributed by atoms with van der Waals surface area (Å²) in [6.45, 7) is 0.918. The maximum absolute atomic E-state index is 6.13. The van der Waals surface area contributed by atoms with E-state index in [0.29, 0.717) is 0 Å². The number of thiophene rings is 1. The summed E-state index contributed by atoms with van der Waals surface area (Å²) in [6, 6.07) is 8.96. The van der Waals surface area contributed by atoms with Gasteiger partial charge in [0, 0.05) is 27.0 Å². The predicted molar refractivity (Wildman–Crippen MR) is 82.3 cm³/mol. The van der Waals surface area contributed by atoms with Gasteiger partial charge in [0.25, 0.3) is 0 Å². The highest BCUT2D eigenvalue weighted by molar-refractivity contribution is 9.10. The van der Waals surface area contributed by atoms with Gasteiger partial charge in [0.05, 0.1) is 0 Å². The predicted octanol–water partition coefficient (Wildman–Crippen LogP) is 5.08. The smallest absolute Gasteiger partial charge is 0.0488 e. The van der Waals surface area contributed by atoms with Crippen LogP contribution >= 0.6 is 38.9 Å². The van der Waals surface area contributed by atoms with Crippen LogP contribution in [0, 0.1) is 0 Å². The van der Waals surface area contributed by atoms with Gasteiger partial charge in [-0.05, 0) is 63.5 Å². The second kappa shape index (κ2) is 5.33. The van der Waals surface area contributed by atoms with Crippen LogP contribution in [0.4, 0.5) is 0 Å². The Morgan fingerprint density at radius 1 is 1.33 bits per heavy atom. The topological polar surface area (TPSA) is 12.0 Å². The molecule has 1 aliphatic carbocycles. The third-order valence-corrected chi connectivity index (χ3v) is 5.20. The molecule has 1 aromatic heterocycles. The minimum absolute atomic E-state index is 0.723. The van der Waals surface area contributed by atoms with E-state index in [9.17, 15) is 0 Å². The van der Waals surface area contributed by atoms with Crippen LogP contribution in [0.2, 0.25) is 5.02 Å². The third kappa shape index (κ3) is 2.80. The van der Waals surface area contributed by atoms with Crippen molar-refractivity contribution in [3.8, 4) is 10.4 Å². The number of nitrogens with one attached hydrogen (secondary N) is 1. The first-order valence-electron chi connectivity index (χ1n) is 5.99. The van der Waals surface area contributed by atoms with Gasteiger partial charge >= 0.3 is 0 Å². The Kier molecular flexibility index (Phi) is 3.76. The van der Waals surface area contributed by atoms with Crippen molar-refractivity contribution in [3.05, 3.63) is 44.7 Å². The third-order valence-electron chi connectivity index (χ3n) is 3.09. The zero-order valence-corrected chi connectivity index (χ0v) is 12.9. The molecule has 1 fully saturated rings. The molecule has 0 radical (unpaired) electrons. The average molecular weight is 343 g/mol. The molecule has 1 aliphatic rings. The van der Waals surface area contributed by atoms with Gasteiger partial charge in [-0.2, -0.15) is 0 Å². The highest BCUT2D eigenvalue weighted by Gasteiger charge is 2.21. The SMILES string of the molecule is Clc1ccc(CNC2CC2)c(-c2sccc2Br)c1. The molecule has 0 bridgehead atoms. The zero-order chi connectivity index (χ0) is 12.5. The van der Waals surface area contributed by atoms with Crippen molar-refractivity contribution < 1.29 is 0 Å². The van der Waals surface area contributed by atoms with Crippen LogP contribution in [0.1, 0.15) is 18.4 Å². The molecule has 2 aromatic rings. The van der Waals surface area contributed by atoms with Crippen molar-refractivity contribution in [3.63, 3.8) is 0 Å². The summed E-state index contributed by atoms with van der Waals surface area (Å²) in [7, 11) is 0. The van der Waals surface area contributed by atoms with Gasteiger partial charge in [-0.1, -0.05) is 17.7 Å². The molecule has 1 nitrogen and oxygen atoms in total. The molecule has 1 saturated carbocycles. The minimum atomic E-state index is 0.723. The van der Waals surface area contributed by atoms with Crippen LogP contribution in [0.3, 0.4) is 0 Å². The van der Waals surface area contributed by atoms with Gasteiger partial charge in [-0.15, -0.1) is 11.3 Å². The molecule has 18 heavy (non-hydrogen) atoms. The van der Waals surface area contributed by atoms with Gasteiger partial charge in [0.15, 0.2) is 0 Å². The molecular weight excluding hydrogens is 330 g/mol. The molecule has 0 atom stereocenters. The fourth-order valence-corrected chi connectivity index (χ4v) is 3.75. The van der Waals surface area contributed by atoms with Gasteiger partial charge in [0.2, 0.25) is 0 Å². The first kappa shape index (κ1) is 12.7. The first-order valence-corrected chi connectivity index (χ1v) is 8.04. The maximum Gasteiger partial charge on any atom is 0.0488 e. The second-order valence-electron chi connectivity index (χ2n) is 4.55. The molecule has 0 spiro atoms. The fourth-order valence-electron chi connectivity index (χ4n) is 1.94. The van der Waals surface area contributed by atoms with E-state index in [-0.39, 0.29) is 0 Å². The summed E-state index contributed by atoms with van der Waals surface area (Å²) in [5.74, 6) is 0. The highest BCUT2D eigenvalue weighted by atomic mass is 79.9. The Hall–Kier alpha value is -0.350. The van der Waals surface area contributed by atoms with Gasteiger partial charge in [-0.25, -0.2) is 0 Å². The Morgan fingerprint density at radius 3 is 2.83 bits per heavy atom. The molecule has 3 rings (SSSR count). The highest BCUT2D eigenvalue weighted by Crippen LogP contribution is 2.37. The van der Waals surface area contributed by atoms with Crippen molar-refractivity contribution in [1.29, 1.82) is 0 Å². The Morgan fingerprint density at radius 2 is 2.17 bits per heavy atom. The second-order valence-corrected chi connectivity index (χ2v) is 6.76. The molecule has 1 aromatic carbocycles. The van der Waals surface area contributed by atoms with E-state index < -0.39 is 0 Å². The standard InChI is InChI=1S/C14H13BrClNS/c15-13-5-6-18-14(13)12-7-10(16)2-1-9(12)8-17-11-3-4-11/h1-2,5-7,11,17H,3-4,8H2. The maximum atomic E-state index is 6.13. The fraction of sp³-hybridized carbons (Fsp3) is 0.286. The Bertz CT molecular complexity index is 563. The number of benzene rings is 1. The van der Waals surface area contributed by atoms with E-state index in [1.165, 1.54) is 28.8 Å². The van der Waals surface area contributed by atoms with Crippen LogP contribution in [-0.4, -0.2) is 6.04 Å². The Balaban J connectivity index is 1.94. The number of hydrogen-bond acceptors (Lipinski definition) is 2. The van der Waals surface area contributed by atoms with Crippen molar-refractivity contribution in [2.75, 3.05) is 0 Å². The zero-order valence-electron chi connectivity index (χ0n) is 9.75. The molecule has 0 amide bonds. The number of rotatable bonds is 4. The van der Waals surface area contributed by atoms with Crippen molar-refractivity contribution >= 4 is 38.9 Å². The van der Waals surface area contributed by atoms with Gasteiger partial charge < -0.3 is 5.32 Å². The van der Waals surface area contributed by atoms with Crippen LogP contribution in [-0.2, 0) is 6.54 Å². The molecule has 94 valence electrons. The molecule has 1 heterocycles. The largest absolute Gasteiger partial charge is 0.310 e. The lowest BCUT2D eigenvalue weighted by molar-refractivity contribution is 0.689. The van der Waals surface area contributed by atoms with E-state index in [1.54, 1.807) is 11.3 Å². The van der Waals surface area contributed by atoms with Crippen LogP contribution < -0.4 is 5.32 Å². The summed E-state index contributed by atoms with van der Waals surface area (Å²) in [5, 5.41) is 6.45. The monoisotopic (exact) mass is 341 g/mol. The van der Waals surface area contributed by atoms with E-state index in [0.717, 1.165) is 22.1 Å². The van der Waals surface area contributed by atoms with E-state index >= 15 is 0 Å². The van der Waals surface area contributed by atoms with E-state index in [4.69, 9.17) is 11.6 Å². The molecule has 0 saturated heterocycles. The molecular formula is C14H13BrClNS. The quantitative estimate of drug-likeness (QED) is 0.816. The number of hydrogen-bond donors (Lipinski definition) is 1. The number of halogens is 2. The van der Waals surface area contributed by atoms with Gasteiger partial charge in [-0.3, -0.25) is 0 Å². The lowest BCUT2D eigenvalue weighted by atomic mass is 10.1. The van der Waals surface area contributed by atoms with Crippen molar-refractivity contribution in [2.45, 2.75) is 25.4 Å². The molecule has 4 heteroatoms. The summed E-state index contributed by atoms with van der Waals surface area (Å²) in [5.41, 5.74) is 2.55. The van der Waals surface area contributed by atoms with Gasteiger partial charge in [0.1, 0.15) is 0 Å². The van der Waals surface area contributed by atoms with Crippen LogP contribution in [0.25, 0.3) is 10.4 Å². The summed E-state index contributed by atoms with van der Waals surface area (Å²) in [6.07, 6.45) is 2.62. The average Bonchev–Trinajstić information content (AvgIpc) is 3.09. The first-order chi connectivity index (χ1) is 8.74. The molecule has 0 aliphatic heterocycles. The van der Waals surface area contributed by atoms with E-state index in [2.05, 4.69) is 44.8 Å². The summed E-state index contributed by atoms with van der Waals surface area (Å²) in [4.78, 5) is 1.25. The molecule has 0 unspecified atom stereocenters. The lowest BCUT2D eigenvalue weighted by Gasteiger charge is -2.10. The van der Waals surface area contributed by atoms with E-state index in [1.807, 2.05) is 6.07 Å². The normalized spacial score (nSPS) is 15.0. The minimum Gasteiger partial charge on any atom is -0.310 e. The lowest BCUT2D eigenvalue weighted by Crippen LogP contribution is -2.15. The summed E-state index contributed by atoms with van der Waals surface area (Å²) < 4.78 is 1.14.